The highest BCUT2D eigenvalue weighted by Crippen LogP contribution is 2.26. The predicted octanol–water partition coefficient (Wildman–Crippen LogP) is 4.46. The lowest BCUT2D eigenvalue weighted by Gasteiger charge is -2.21. The van der Waals surface area contributed by atoms with Gasteiger partial charge in [-0.15, -0.1) is 0 Å². The first-order valence-electron chi connectivity index (χ1n) is 9.80. The molecule has 0 bridgehead atoms. The zero-order valence-electron chi connectivity index (χ0n) is 16.7. The van der Waals surface area contributed by atoms with E-state index in [4.69, 9.17) is 9.47 Å². The van der Waals surface area contributed by atoms with E-state index < -0.39 is 12.1 Å². The van der Waals surface area contributed by atoms with E-state index in [1.54, 1.807) is 25.1 Å². The van der Waals surface area contributed by atoms with Crippen LogP contribution in [0.4, 0.5) is 5.69 Å². The molecule has 2 aromatic rings. The van der Waals surface area contributed by atoms with Crippen molar-refractivity contribution in [2.24, 2.45) is 0 Å². The van der Waals surface area contributed by atoms with Gasteiger partial charge in [0.1, 0.15) is 5.75 Å². The minimum atomic E-state index is -0.608. The minimum absolute atomic E-state index is 0.231. The Kier molecular flexibility index (Phi) is 6.34. The summed E-state index contributed by atoms with van der Waals surface area (Å²) >= 11 is 0. The van der Waals surface area contributed by atoms with Gasteiger partial charge < -0.3 is 14.8 Å². The van der Waals surface area contributed by atoms with Crippen molar-refractivity contribution >= 4 is 17.6 Å². The fraction of sp³-hybridized carbons (Fsp3) is 0.391. The molecule has 148 valence electrons. The number of esters is 1. The van der Waals surface area contributed by atoms with Gasteiger partial charge in [0.2, 0.25) is 0 Å². The van der Waals surface area contributed by atoms with Crippen molar-refractivity contribution in [3.63, 3.8) is 0 Å². The predicted molar refractivity (Wildman–Crippen MR) is 109 cm³/mol. The third-order valence-electron chi connectivity index (χ3n) is 5.26. The molecule has 2 aromatic carbocycles. The van der Waals surface area contributed by atoms with Gasteiger partial charge in [-0.2, -0.15) is 0 Å². The second kappa shape index (κ2) is 8.91. The van der Waals surface area contributed by atoms with Crippen LogP contribution in [-0.2, 0) is 22.4 Å². The van der Waals surface area contributed by atoms with Crippen molar-refractivity contribution in [3.8, 4) is 5.75 Å². The van der Waals surface area contributed by atoms with E-state index in [0.29, 0.717) is 23.2 Å². The number of nitrogens with one attached hydrogen (secondary N) is 1. The molecule has 0 saturated carbocycles. The lowest BCUT2D eigenvalue weighted by Crippen LogP contribution is -2.32. The van der Waals surface area contributed by atoms with E-state index in [1.807, 2.05) is 13.0 Å². The summed E-state index contributed by atoms with van der Waals surface area (Å²) in [6, 6.07) is 11.3. The van der Waals surface area contributed by atoms with Gasteiger partial charge in [-0.05, 0) is 80.0 Å². The molecular formula is C23H27NO4. The van der Waals surface area contributed by atoms with Crippen LogP contribution in [0.15, 0.2) is 36.4 Å². The highest BCUT2D eigenvalue weighted by molar-refractivity contribution is 5.98. The third-order valence-corrected chi connectivity index (χ3v) is 5.26. The van der Waals surface area contributed by atoms with Crippen LogP contribution in [0.3, 0.4) is 0 Å². The number of fused-ring (bicyclic) bond motifs is 1. The van der Waals surface area contributed by atoms with Crippen LogP contribution in [0, 0.1) is 6.92 Å². The molecule has 5 heteroatoms. The molecular weight excluding hydrogens is 354 g/mol. The Hall–Kier alpha value is -2.82. The Balaban J connectivity index is 1.73. The zero-order valence-corrected chi connectivity index (χ0v) is 16.7. The minimum Gasteiger partial charge on any atom is -0.481 e. The highest BCUT2D eigenvalue weighted by Gasteiger charge is 2.21. The first kappa shape index (κ1) is 19.9. The van der Waals surface area contributed by atoms with E-state index >= 15 is 0 Å². The molecule has 0 fully saturated rings. The molecule has 0 saturated heterocycles. The van der Waals surface area contributed by atoms with Gasteiger partial charge in [-0.25, -0.2) is 4.79 Å². The highest BCUT2D eigenvalue weighted by atomic mass is 16.5. The van der Waals surface area contributed by atoms with Crippen molar-refractivity contribution in [2.45, 2.75) is 52.1 Å². The molecule has 1 atom stereocenters. The van der Waals surface area contributed by atoms with Crippen molar-refractivity contribution in [3.05, 3.63) is 58.7 Å². The van der Waals surface area contributed by atoms with Crippen LogP contribution in [0.25, 0.3) is 0 Å². The van der Waals surface area contributed by atoms with Crippen molar-refractivity contribution < 1.29 is 19.1 Å². The van der Waals surface area contributed by atoms with Gasteiger partial charge in [0, 0.05) is 5.69 Å². The Labute approximate surface area is 166 Å². The average molecular weight is 381 g/mol. The molecule has 0 spiro atoms. The summed E-state index contributed by atoms with van der Waals surface area (Å²) in [5.41, 5.74) is 4.39. The first-order chi connectivity index (χ1) is 13.5. The molecule has 1 amide bonds. The summed E-state index contributed by atoms with van der Waals surface area (Å²) in [6.45, 7) is 3.70. The summed E-state index contributed by atoms with van der Waals surface area (Å²) < 4.78 is 10.8. The van der Waals surface area contributed by atoms with Crippen LogP contribution < -0.4 is 10.1 Å². The zero-order chi connectivity index (χ0) is 20.1. The number of methoxy groups -OCH3 is 1. The van der Waals surface area contributed by atoms with Crippen molar-refractivity contribution in [1.29, 1.82) is 0 Å². The molecule has 0 aromatic heterocycles. The Morgan fingerprint density at radius 3 is 2.57 bits per heavy atom. The monoisotopic (exact) mass is 381 g/mol. The smallest absolute Gasteiger partial charge is 0.338 e. The number of carbonyl (C=O) groups excluding carboxylic acids is 2. The number of benzene rings is 2. The molecule has 3 rings (SSSR count). The van der Waals surface area contributed by atoms with Crippen molar-refractivity contribution in [1.82, 2.24) is 0 Å². The fourth-order valence-electron chi connectivity index (χ4n) is 3.59. The van der Waals surface area contributed by atoms with Gasteiger partial charge in [0.25, 0.3) is 5.91 Å². The normalized spacial score (nSPS) is 14.0. The van der Waals surface area contributed by atoms with Gasteiger partial charge in [-0.1, -0.05) is 19.1 Å². The largest absolute Gasteiger partial charge is 0.481 e. The van der Waals surface area contributed by atoms with E-state index in [-0.39, 0.29) is 5.91 Å². The Morgan fingerprint density at radius 2 is 1.86 bits per heavy atom. The molecule has 28 heavy (non-hydrogen) atoms. The van der Waals surface area contributed by atoms with E-state index in [0.717, 1.165) is 18.6 Å². The number of hydrogen-bond acceptors (Lipinski definition) is 4. The van der Waals surface area contributed by atoms with Gasteiger partial charge in [0.15, 0.2) is 6.10 Å². The van der Waals surface area contributed by atoms with Gasteiger partial charge in [-0.3, -0.25) is 4.79 Å². The van der Waals surface area contributed by atoms with Crippen LogP contribution in [0.5, 0.6) is 5.75 Å². The molecule has 1 aliphatic carbocycles. The topological polar surface area (TPSA) is 64.6 Å². The quantitative estimate of drug-likeness (QED) is 0.751. The second-order valence-corrected chi connectivity index (χ2v) is 7.11. The summed E-state index contributed by atoms with van der Waals surface area (Å²) in [4.78, 5) is 24.6. The summed E-state index contributed by atoms with van der Waals surface area (Å²) in [5, 5.41) is 2.89. The number of ether oxygens (including phenoxy) is 2. The number of anilines is 1. The summed E-state index contributed by atoms with van der Waals surface area (Å²) in [5.74, 6) is 0.0685. The standard InChI is InChI=1S/C23H27NO4/c1-4-21(28-18-13-12-16-8-5-6-9-17(16)14-18)22(25)24-20-11-7-10-19(15(20)2)23(26)27-3/h7,10-14,21H,4-6,8-9H2,1-3H3,(H,24,25)/t21-/m0/s1. The number of aryl methyl sites for hydroxylation is 2. The first-order valence-corrected chi connectivity index (χ1v) is 9.80. The van der Waals surface area contributed by atoms with E-state index in [9.17, 15) is 9.59 Å². The molecule has 1 aliphatic rings. The van der Waals surface area contributed by atoms with Gasteiger partial charge >= 0.3 is 5.97 Å². The van der Waals surface area contributed by atoms with Crippen molar-refractivity contribution in [2.75, 3.05) is 12.4 Å². The molecule has 0 aliphatic heterocycles. The lowest BCUT2D eigenvalue weighted by molar-refractivity contribution is -0.122. The number of hydrogen-bond donors (Lipinski definition) is 1. The van der Waals surface area contributed by atoms with Gasteiger partial charge in [0.05, 0.1) is 12.7 Å². The van der Waals surface area contributed by atoms with Crippen LogP contribution in [0.1, 0.15) is 53.2 Å². The molecule has 0 unspecified atom stereocenters. The maximum absolute atomic E-state index is 12.8. The summed E-state index contributed by atoms with van der Waals surface area (Å²) in [7, 11) is 1.34. The number of amides is 1. The molecule has 5 nitrogen and oxygen atoms in total. The SMILES string of the molecule is CC[C@H](Oc1ccc2c(c1)CCCC2)C(=O)Nc1cccc(C(=O)OC)c1C. The molecule has 1 N–H and O–H groups in total. The second-order valence-electron chi connectivity index (χ2n) is 7.11. The van der Waals surface area contributed by atoms with E-state index in [1.165, 1.54) is 31.1 Å². The molecule has 0 radical (unpaired) electrons. The fourth-order valence-corrected chi connectivity index (χ4v) is 3.59. The average Bonchev–Trinajstić information content (AvgIpc) is 2.72. The van der Waals surface area contributed by atoms with E-state index in [2.05, 4.69) is 17.4 Å². The molecule has 0 heterocycles. The van der Waals surface area contributed by atoms with Crippen LogP contribution in [-0.4, -0.2) is 25.1 Å². The number of rotatable bonds is 6. The van der Waals surface area contributed by atoms with Crippen LogP contribution in [0.2, 0.25) is 0 Å². The number of carbonyl (C=O) groups is 2. The van der Waals surface area contributed by atoms with Crippen LogP contribution >= 0.6 is 0 Å². The Bertz CT molecular complexity index is 875. The maximum atomic E-state index is 12.8. The third kappa shape index (κ3) is 4.35. The summed E-state index contributed by atoms with van der Waals surface area (Å²) in [6.07, 6.45) is 4.54. The Morgan fingerprint density at radius 1 is 1.11 bits per heavy atom. The lowest BCUT2D eigenvalue weighted by atomic mass is 9.92. The maximum Gasteiger partial charge on any atom is 0.338 e.